The van der Waals surface area contributed by atoms with Gasteiger partial charge in [-0.05, 0) is 25.7 Å². The number of aliphatic hydroxyl groups is 2. The van der Waals surface area contributed by atoms with Crippen LogP contribution in [0.15, 0.2) is 0 Å². The summed E-state index contributed by atoms with van der Waals surface area (Å²) in [6.45, 7) is 5.02. The molecule has 0 aromatic rings. The van der Waals surface area contributed by atoms with Gasteiger partial charge in [0.05, 0.1) is 25.4 Å². The predicted molar refractivity (Wildman–Crippen MR) is 394 cm³/mol. The van der Waals surface area contributed by atoms with Crippen LogP contribution in [0, 0.1) is 0 Å². The summed E-state index contributed by atoms with van der Waals surface area (Å²) in [4.78, 5) is 24.6. The monoisotopic (exact) mass is 1260 g/mol. The maximum Gasteiger partial charge on any atom is 0.305 e. The van der Waals surface area contributed by atoms with Crippen LogP contribution in [0.2, 0.25) is 0 Å². The molecular weight excluding hydrogens is 1090 g/mol. The zero-order valence-corrected chi connectivity index (χ0v) is 61.2. The second-order valence-electron chi connectivity index (χ2n) is 29.2. The van der Waals surface area contributed by atoms with E-state index >= 15 is 0 Å². The maximum absolute atomic E-state index is 12.6. The molecule has 0 aliphatic carbocycles. The Morgan fingerprint density at radius 1 is 0.270 bits per heavy atom. The molecule has 0 spiro atoms. The van der Waals surface area contributed by atoms with E-state index in [9.17, 15) is 19.8 Å². The molecule has 1 amide bonds. The Morgan fingerprint density at radius 2 is 0.461 bits per heavy atom. The normalized spacial score (nSPS) is 12.4. The number of rotatable bonds is 80. The molecule has 0 aromatic carbocycles. The number of amides is 1. The smallest absolute Gasteiger partial charge is 0.305 e. The molecule has 2 atom stereocenters. The Morgan fingerprint density at radius 3 is 0.685 bits per heavy atom. The van der Waals surface area contributed by atoms with E-state index < -0.39 is 12.1 Å². The van der Waals surface area contributed by atoms with Gasteiger partial charge in [0.15, 0.2) is 0 Å². The maximum atomic E-state index is 12.6. The highest BCUT2D eigenvalue weighted by atomic mass is 16.5. The van der Waals surface area contributed by atoms with E-state index in [-0.39, 0.29) is 18.5 Å². The molecule has 0 bridgehead atoms. The fourth-order valence-corrected chi connectivity index (χ4v) is 13.8. The molecule has 0 saturated heterocycles. The SMILES string of the molecule is CCCCCCCCCCCCCCCCCCCCCCCCCC(O)C(CO)NC(=O)CCCCCCCCCCCCCCCCCCCCCCCCCCCCCCCCCCCCCCCOC(=O)CCCCCCCCCCCCCC. The molecule has 0 fully saturated rings. The van der Waals surface area contributed by atoms with E-state index in [1.54, 1.807) is 0 Å². The molecule has 0 rings (SSSR count). The molecule has 532 valence electrons. The minimum Gasteiger partial charge on any atom is -0.466 e. The van der Waals surface area contributed by atoms with Gasteiger partial charge >= 0.3 is 5.97 Å². The fraction of sp³-hybridized carbons (Fsp3) is 0.976. The summed E-state index contributed by atoms with van der Waals surface area (Å²) in [5.74, 6) is 0.00298. The number of esters is 1. The van der Waals surface area contributed by atoms with Crippen LogP contribution in [0.5, 0.6) is 0 Å². The van der Waals surface area contributed by atoms with Gasteiger partial charge in [-0.2, -0.15) is 0 Å². The number of hydrogen-bond donors (Lipinski definition) is 3. The molecule has 89 heavy (non-hydrogen) atoms. The number of ether oxygens (including phenoxy) is 1. The largest absolute Gasteiger partial charge is 0.466 e. The molecule has 3 N–H and O–H groups in total. The predicted octanol–water partition coefficient (Wildman–Crippen LogP) is 27.7. The molecule has 0 saturated carbocycles. The van der Waals surface area contributed by atoms with Gasteiger partial charge in [-0.1, -0.05) is 457 Å². The number of unbranched alkanes of at least 4 members (excludes halogenated alkanes) is 69. The third-order valence-corrected chi connectivity index (χ3v) is 20.2. The summed E-state index contributed by atoms with van der Waals surface area (Å²) in [5, 5.41) is 23.5. The first kappa shape index (κ1) is 87.9. The third kappa shape index (κ3) is 75.8. The van der Waals surface area contributed by atoms with Crippen molar-refractivity contribution < 1.29 is 24.5 Å². The number of carbonyl (C=O) groups excluding carboxylic acids is 2. The summed E-state index contributed by atoms with van der Waals surface area (Å²) in [7, 11) is 0. The zero-order valence-electron chi connectivity index (χ0n) is 61.2. The minimum absolute atomic E-state index is 0.0225. The Bertz CT molecular complexity index is 1310. The molecule has 0 heterocycles. The standard InChI is InChI=1S/C83H165NO5/c1-3-5-7-9-11-13-15-17-18-19-20-21-37-40-43-46-49-52-55-59-63-67-71-75-81(86)80(79-85)84-82(87)76-72-68-64-60-56-53-50-47-44-41-38-35-33-31-29-27-25-23-22-24-26-28-30-32-34-36-39-42-45-48-51-54-58-62-66-70-74-78-89-83(88)77-73-69-65-61-57-16-14-12-10-8-6-4-2/h80-81,85-86H,3-79H2,1-2H3,(H,84,87). The quantitative estimate of drug-likeness (QED) is 0.0417. The Labute approximate surface area is 559 Å². The van der Waals surface area contributed by atoms with Crippen molar-refractivity contribution in [3.8, 4) is 0 Å². The lowest BCUT2D eigenvalue weighted by Gasteiger charge is -2.22. The average Bonchev–Trinajstić information content (AvgIpc) is 3.68. The number of aliphatic hydroxyl groups excluding tert-OH is 2. The summed E-state index contributed by atoms with van der Waals surface area (Å²) in [6.07, 6.45) is 99.4. The molecule has 0 radical (unpaired) electrons. The van der Waals surface area contributed by atoms with E-state index in [2.05, 4.69) is 19.2 Å². The van der Waals surface area contributed by atoms with Crippen LogP contribution < -0.4 is 5.32 Å². The van der Waals surface area contributed by atoms with E-state index in [4.69, 9.17) is 4.74 Å². The van der Waals surface area contributed by atoms with Crippen molar-refractivity contribution in [2.75, 3.05) is 13.2 Å². The Balaban J connectivity index is 3.30. The fourth-order valence-electron chi connectivity index (χ4n) is 13.8. The van der Waals surface area contributed by atoms with Crippen LogP contribution >= 0.6 is 0 Å². The van der Waals surface area contributed by atoms with Crippen LogP contribution in [-0.4, -0.2) is 47.4 Å². The van der Waals surface area contributed by atoms with Crippen LogP contribution in [0.3, 0.4) is 0 Å². The van der Waals surface area contributed by atoms with Crippen LogP contribution in [0.25, 0.3) is 0 Å². The highest BCUT2D eigenvalue weighted by Gasteiger charge is 2.20. The summed E-state index contributed by atoms with van der Waals surface area (Å²) >= 11 is 0. The highest BCUT2D eigenvalue weighted by Crippen LogP contribution is 2.21. The lowest BCUT2D eigenvalue weighted by atomic mass is 10.0. The second kappa shape index (κ2) is 79.3. The van der Waals surface area contributed by atoms with Gasteiger partial charge in [-0.3, -0.25) is 9.59 Å². The number of hydrogen-bond acceptors (Lipinski definition) is 5. The van der Waals surface area contributed by atoms with E-state index in [1.165, 1.54) is 424 Å². The molecule has 0 aliphatic rings. The lowest BCUT2D eigenvalue weighted by Crippen LogP contribution is -2.45. The number of carbonyl (C=O) groups is 2. The lowest BCUT2D eigenvalue weighted by molar-refractivity contribution is -0.143. The summed E-state index contributed by atoms with van der Waals surface area (Å²) in [5.41, 5.74) is 0. The average molecular weight is 1260 g/mol. The third-order valence-electron chi connectivity index (χ3n) is 20.2. The summed E-state index contributed by atoms with van der Waals surface area (Å²) in [6, 6.07) is -0.537. The molecule has 6 nitrogen and oxygen atoms in total. The van der Waals surface area contributed by atoms with Gasteiger partial charge in [-0.25, -0.2) is 0 Å². The minimum atomic E-state index is -0.661. The van der Waals surface area contributed by atoms with Crippen molar-refractivity contribution in [2.24, 2.45) is 0 Å². The molecular formula is C83H165NO5. The number of nitrogens with one attached hydrogen (secondary N) is 1. The Hall–Kier alpha value is -1.14. The van der Waals surface area contributed by atoms with Gasteiger partial charge in [0.1, 0.15) is 0 Å². The molecule has 6 heteroatoms. The molecule has 2 unspecified atom stereocenters. The zero-order chi connectivity index (χ0) is 64.2. The van der Waals surface area contributed by atoms with E-state index in [0.29, 0.717) is 25.9 Å². The van der Waals surface area contributed by atoms with Crippen molar-refractivity contribution in [1.29, 1.82) is 0 Å². The van der Waals surface area contributed by atoms with Crippen molar-refractivity contribution in [1.82, 2.24) is 5.32 Å². The van der Waals surface area contributed by atoms with Crippen LogP contribution in [-0.2, 0) is 14.3 Å². The van der Waals surface area contributed by atoms with Gasteiger partial charge in [0, 0.05) is 12.8 Å². The van der Waals surface area contributed by atoms with Gasteiger partial charge in [-0.15, -0.1) is 0 Å². The molecule has 0 aliphatic heterocycles. The van der Waals surface area contributed by atoms with Crippen molar-refractivity contribution in [2.45, 2.75) is 508 Å². The Kier molecular flexibility index (Phi) is 78.3. The highest BCUT2D eigenvalue weighted by molar-refractivity contribution is 5.76. The van der Waals surface area contributed by atoms with Crippen molar-refractivity contribution in [3.63, 3.8) is 0 Å². The van der Waals surface area contributed by atoms with E-state index in [1.807, 2.05) is 0 Å². The first-order valence-corrected chi connectivity index (χ1v) is 41.8. The van der Waals surface area contributed by atoms with Gasteiger partial charge < -0.3 is 20.3 Å². The second-order valence-corrected chi connectivity index (χ2v) is 29.2. The molecule has 0 aromatic heterocycles. The summed E-state index contributed by atoms with van der Waals surface area (Å²) < 4.78 is 5.49. The van der Waals surface area contributed by atoms with E-state index in [0.717, 1.165) is 38.5 Å². The van der Waals surface area contributed by atoms with Crippen LogP contribution in [0.4, 0.5) is 0 Å². The first-order valence-electron chi connectivity index (χ1n) is 41.8. The van der Waals surface area contributed by atoms with Crippen LogP contribution in [0.1, 0.15) is 495 Å². The van der Waals surface area contributed by atoms with Crippen molar-refractivity contribution in [3.05, 3.63) is 0 Å². The first-order chi connectivity index (χ1) is 44.0. The van der Waals surface area contributed by atoms with Gasteiger partial charge in [0.2, 0.25) is 5.91 Å². The van der Waals surface area contributed by atoms with Crippen molar-refractivity contribution >= 4 is 11.9 Å². The van der Waals surface area contributed by atoms with Gasteiger partial charge in [0.25, 0.3) is 0 Å². The topological polar surface area (TPSA) is 95.9 Å².